The molecule has 0 saturated carbocycles. The number of fused-ring (bicyclic) bond motifs is 2. The van der Waals surface area contributed by atoms with Gasteiger partial charge in [0.2, 0.25) is 5.91 Å². The van der Waals surface area contributed by atoms with Crippen LogP contribution in [0.15, 0.2) is 60.7 Å². The van der Waals surface area contributed by atoms with Crippen LogP contribution in [0.2, 0.25) is 0 Å². The van der Waals surface area contributed by atoms with Gasteiger partial charge in [-0.1, -0.05) is 42.5 Å². The van der Waals surface area contributed by atoms with Crippen LogP contribution in [0.3, 0.4) is 0 Å². The van der Waals surface area contributed by atoms with Crippen LogP contribution in [-0.2, 0) is 11.3 Å². The van der Waals surface area contributed by atoms with E-state index in [1.807, 2.05) is 18.2 Å². The second-order valence-corrected chi connectivity index (χ2v) is 8.10. The minimum Gasteiger partial charge on any atom is -0.486 e. The van der Waals surface area contributed by atoms with Crippen molar-refractivity contribution in [3.8, 4) is 11.5 Å². The Labute approximate surface area is 182 Å². The number of hydrogen-bond acceptors (Lipinski definition) is 5. The fourth-order valence-corrected chi connectivity index (χ4v) is 4.30. The number of rotatable bonds is 5. The van der Waals surface area contributed by atoms with Crippen LogP contribution < -0.4 is 14.8 Å². The Morgan fingerprint density at radius 2 is 1.58 bits per heavy atom. The molecule has 5 rings (SSSR count). The van der Waals surface area contributed by atoms with Gasteiger partial charge in [-0.15, -0.1) is 0 Å². The maximum Gasteiger partial charge on any atom is 0.238 e. The second-order valence-electron chi connectivity index (χ2n) is 8.10. The van der Waals surface area contributed by atoms with Gasteiger partial charge in [-0.05, 0) is 28.5 Å². The fraction of sp³-hybridized carbons (Fsp3) is 0.320. The van der Waals surface area contributed by atoms with E-state index in [0.29, 0.717) is 25.5 Å². The third-order valence-electron chi connectivity index (χ3n) is 5.93. The van der Waals surface area contributed by atoms with Crippen LogP contribution >= 0.6 is 0 Å². The molecule has 1 fully saturated rings. The van der Waals surface area contributed by atoms with Crippen molar-refractivity contribution in [2.24, 2.45) is 0 Å². The summed E-state index contributed by atoms with van der Waals surface area (Å²) < 4.78 is 11.1. The molecule has 6 nitrogen and oxygen atoms in total. The lowest BCUT2D eigenvalue weighted by molar-refractivity contribution is -0.117. The summed E-state index contributed by atoms with van der Waals surface area (Å²) in [6.07, 6.45) is 0. The number of nitrogens with zero attached hydrogens (tertiary/aromatic N) is 2. The largest absolute Gasteiger partial charge is 0.486 e. The summed E-state index contributed by atoms with van der Waals surface area (Å²) in [6, 6.07) is 20.6. The summed E-state index contributed by atoms with van der Waals surface area (Å²) in [4.78, 5) is 17.2. The molecule has 2 aliphatic heterocycles. The smallest absolute Gasteiger partial charge is 0.238 e. The molecular formula is C25H27N3O3. The molecule has 160 valence electrons. The van der Waals surface area contributed by atoms with E-state index in [9.17, 15) is 4.79 Å². The minimum absolute atomic E-state index is 0.000758. The van der Waals surface area contributed by atoms with E-state index in [1.54, 1.807) is 0 Å². The molecule has 1 N–H and O–H groups in total. The van der Waals surface area contributed by atoms with Crippen molar-refractivity contribution in [1.29, 1.82) is 0 Å². The molecule has 0 radical (unpaired) electrons. The van der Waals surface area contributed by atoms with Crippen LogP contribution in [0.25, 0.3) is 10.8 Å². The molecule has 31 heavy (non-hydrogen) atoms. The number of anilines is 1. The number of hydrogen-bond donors (Lipinski definition) is 1. The summed E-state index contributed by atoms with van der Waals surface area (Å²) >= 11 is 0. The predicted molar refractivity (Wildman–Crippen MR) is 122 cm³/mol. The molecule has 3 aromatic rings. The number of ether oxygens (including phenoxy) is 2. The maximum atomic E-state index is 12.5. The van der Waals surface area contributed by atoms with Gasteiger partial charge in [0, 0.05) is 44.5 Å². The van der Waals surface area contributed by atoms with E-state index >= 15 is 0 Å². The normalized spacial score (nSPS) is 16.9. The van der Waals surface area contributed by atoms with E-state index in [4.69, 9.17) is 9.47 Å². The third-order valence-corrected chi connectivity index (χ3v) is 5.93. The third kappa shape index (κ3) is 4.65. The van der Waals surface area contributed by atoms with E-state index in [1.165, 1.54) is 16.3 Å². The number of amides is 1. The Bertz CT molecular complexity index is 1070. The van der Waals surface area contributed by atoms with Gasteiger partial charge in [0.05, 0.1) is 6.54 Å². The predicted octanol–water partition coefficient (Wildman–Crippen LogP) is 3.37. The standard InChI is InChI=1S/C25H27N3O3/c29-25(26-21-8-9-23-24(16-21)31-15-14-30-23)18-28-12-10-27(11-13-28)17-20-6-3-5-19-4-1-2-7-22(19)20/h1-9,16H,10-15,17-18H2,(H,26,29). The van der Waals surface area contributed by atoms with Crippen LogP contribution in [-0.4, -0.2) is 61.6 Å². The van der Waals surface area contributed by atoms with Crippen molar-refractivity contribution in [3.05, 3.63) is 66.2 Å². The average Bonchev–Trinajstić information content (AvgIpc) is 2.80. The molecule has 2 aliphatic rings. The highest BCUT2D eigenvalue weighted by molar-refractivity contribution is 5.92. The van der Waals surface area contributed by atoms with Crippen LogP contribution in [0.5, 0.6) is 11.5 Å². The van der Waals surface area contributed by atoms with Crippen molar-refractivity contribution in [3.63, 3.8) is 0 Å². The first-order chi connectivity index (χ1) is 15.2. The van der Waals surface area contributed by atoms with Crippen molar-refractivity contribution >= 4 is 22.4 Å². The van der Waals surface area contributed by atoms with Gasteiger partial charge in [-0.2, -0.15) is 0 Å². The van der Waals surface area contributed by atoms with Gasteiger partial charge in [0.1, 0.15) is 13.2 Å². The molecule has 0 spiro atoms. The Morgan fingerprint density at radius 3 is 2.45 bits per heavy atom. The first-order valence-corrected chi connectivity index (χ1v) is 10.9. The zero-order valence-electron chi connectivity index (χ0n) is 17.5. The molecule has 3 aromatic carbocycles. The molecule has 2 heterocycles. The number of benzene rings is 3. The van der Waals surface area contributed by atoms with Crippen molar-refractivity contribution in [1.82, 2.24) is 9.80 Å². The highest BCUT2D eigenvalue weighted by atomic mass is 16.6. The Hall–Kier alpha value is -3.09. The number of carbonyl (C=O) groups is 1. The summed E-state index contributed by atoms with van der Waals surface area (Å²) in [5.41, 5.74) is 2.10. The summed E-state index contributed by atoms with van der Waals surface area (Å²) in [7, 11) is 0. The van der Waals surface area contributed by atoms with Crippen molar-refractivity contribution in [2.45, 2.75) is 6.54 Å². The lowest BCUT2D eigenvalue weighted by Gasteiger charge is -2.34. The van der Waals surface area contributed by atoms with Crippen LogP contribution in [0.1, 0.15) is 5.56 Å². The molecule has 0 atom stereocenters. The van der Waals surface area contributed by atoms with E-state index in [0.717, 1.165) is 44.2 Å². The lowest BCUT2D eigenvalue weighted by atomic mass is 10.0. The average molecular weight is 418 g/mol. The summed E-state index contributed by atoms with van der Waals surface area (Å²) in [6.45, 7) is 6.13. The minimum atomic E-state index is -0.000758. The summed E-state index contributed by atoms with van der Waals surface area (Å²) in [5, 5.41) is 5.59. The van der Waals surface area contributed by atoms with Gasteiger partial charge >= 0.3 is 0 Å². The lowest BCUT2D eigenvalue weighted by Crippen LogP contribution is -2.48. The van der Waals surface area contributed by atoms with Gasteiger partial charge in [0.15, 0.2) is 11.5 Å². The topological polar surface area (TPSA) is 54.0 Å². The van der Waals surface area contributed by atoms with E-state index in [-0.39, 0.29) is 5.91 Å². The van der Waals surface area contributed by atoms with Gasteiger partial charge in [-0.3, -0.25) is 14.6 Å². The molecular weight excluding hydrogens is 390 g/mol. The van der Waals surface area contributed by atoms with Crippen LogP contribution in [0.4, 0.5) is 5.69 Å². The highest BCUT2D eigenvalue weighted by Gasteiger charge is 2.20. The first kappa shape index (κ1) is 19.8. The molecule has 0 aliphatic carbocycles. The van der Waals surface area contributed by atoms with E-state index < -0.39 is 0 Å². The second kappa shape index (κ2) is 8.96. The highest BCUT2D eigenvalue weighted by Crippen LogP contribution is 2.32. The number of carbonyl (C=O) groups excluding carboxylic acids is 1. The van der Waals surface area contributed by atoms with E-state index in [2.05, 4.69) is 57.6 Å². The fourth-order valence-electron chi connectivity index (χ4n) is 4.30. The molecule has 1 amide bonds. The molecule has 0 aromatic heterocycles. The zero-order chi connectivity index (χ0) is 21.0. The summed E-state index contributed by atoms with van der Waals surface area (Å²) in [5.74, 6) is 1.41. The maximum absolute atomic E-state index is 12.5. The molecule has 6 heteroatoms. The number of piperazine rings is 1. The van der Waals surface area contributed by atoms with Crippen LogP contribution in [0, 0.1) is 0 Å². The van der Waals surface area contributed by atoms with Crippen molar-refractivity contribution in [2.75, 3.05) is 51.3 Å². The monoisotopic (exact) mass is 417 g/mol. The number of nitrogens with one attached hydrogen (secondary N) is 1. The van der Waals surface area contributed by atoms with Crippen molar-refractivity contribution < 1.29 is 14.3 Å². The Balaban J connectivity index is 1.13. The molecule has 0 unspecified atom stereocenters. The molecule has 0 bridgehead atoms. The first-order valence-electron chi connectivity index (χ1n) is 10.9. The van der Waals surface area contributed by atoms with Gasteiger partial charge < -0.3 is 14.8 Å². The SMILES string of the molecule is O=C(CN1CCN(Cc2cccc3ccccc23)CC1)Nc1ccc2c(c1)OCCO2. The van der Waals surface area contributed by atoms with Gasteiger partial charge in [0.25, 0.3) is 0 Å². The Kier molecular flexibility index (Phi) is 5.74. The molecule has 1 saturated heterocycles. The van der Waals surface area contributed by atoms with Gasteiger partial charge in [-0.25, -0.2) is 0 Å². The zero-order valence-corrected chi connectivity index (χ0v) is 17.5. The quantitative estimate of drug-likeness (QED) is 0.690. The Morgan fingerprint density at radius 1 is 0.839 bits per heavy atom.